The molecular formula is C22H18FN3O5S. The maximum Gasteiger partial charge on any atom is 0.511 e. The van der Waals surface area contributed by atoms with Gasteiger partial charge in [-0.15, -0.1) is 11.3 Å². The number of ether oxygens (including phenoxy) is 2. The number of carbonyl (C=O) groups is 1. The van der Waals surface area contributed by atoms with E-state index in [1.807, 2.05) is 4.90 Å². The zero-order valence-electron chi connectivity index (χ0n) is 16.7. The Balaban J connectivity index is 1.45. The summed E-state index contributed by atoms with van der Waals surface area (Å²) in [6.45, 7) is 1.47. The van der Waals surface area contributed by atoms with Crippen molar-refractivity contribution in [3.05, 3.63) is 45.3 Å². The van der Waals surface area contributed by atoms with Gasteiger partial charge >= 0.3 is 6.16 Å². The van der Waals surface area contributed by atoms with Gasteiger partial charge in [-0.1, -0.05) is 12.2 Å². The van der Waals surface area contributed by atoms with E-state index in [4.69, 9.17) is 20.3 Å². The van der Waals surface area contributed by atoms with Gasteiger partial charge in [0.05, 0.1) is 11.1 Å². The molecule has 3 N–H and O–H groups in total. The monoisotopic (exact) mass is 455 g/mol. The van der Waals surface area contributed by atoms with Crippen molar-refractivity contribution in [2.45, 2.75) is 18.6 Å². The summed E-state index contributed by atoms with van der Waals surface area (Å²) in [5.74, 6) is 0.437. The van der Waals surface area contributed by atoms with Crippen LogP contribution in [-0.4, -0.2) is 34.3 Å². The van der Waals surface area contributed by atoms with Crippen molar-refractivity contribution in [1.29, 1.82) is 0 Å². The highest BCUT2D eigenvalue weighted by Crippen LogP contribution is 2.55. The Hall–Kier alpha value is -3.11. The summed E-state index contributed by atoms with van der Waals surface area (Å²) in [4.78, 5) is 26.6. The van der Waals surface area contributed by atoms with Crippen LogP contribution in [0.1, 0.15) is 12.1 Å². The lowest BCUT2D eigenvalue weighted by atomic mass is 9.82. The fourth-order valence-electron chi connectivity index (χ4n) is 6.26. The fraction of sp³-hybridized carbons (Fsp3) is 0.364. The Morgan fingerprint density at radius 2 is 2.25 bits per heavy atom. The molecule has 164 valence electrons. The van der Waals surface area contributed by atoms with Crippen LogP contribution in [0.4, 0.5) is 14.9 Å². The smallest absolute Gasteiger partial charge is 0.483 e. The standard InChI is InChI=1S/C22H18FN3O5S/c23-14-3-11-15-18(16(14)25-5-12-9-1-2-22(24,4-9)13(12)6-25)30-7-10-8-32-20(26(10)15)19(17(11)27)31-21(28)29/h1-3,8-9,12-13H,4-7,24H2,(H,28,29). The number of fused-ring (bicyclic) bond motifs is 5. The second kappa shape index (κ2) is 5.81. The largest absolute Gasteiger partial charge is 0.511 e. The maximum absolute atomic E-state index is 15.6. The summed E-state index contributed by atoms with van der Waals surface area (Å²) in [5.41, 5.74) is 7.14. The minimum atomic E-state index is -1.59. The molecule has 0 amide bonds. The molecule has 2 aromatic heterocycles. The molecule has 8 nitrogen and oxygen atoms in total. The van der Waals surface area contributed by atoms with Gasteiger partial charge < -0.3 is 25.2 Å². The van der Waals surface area contributed by atoms with Gasteiger partial charge in [0.25, 0.3) is 0 Å². The van der Waals surface area contributed by atoms with Crippen molar-refractivity contribution in [2.75, 3.05) is 18.0 Å². The third kappa shape index (κ3) is 2.13. The van der Waals surface area contributed by atoms with Crippen LogP contribution >= 0.6 is 11.3 Å². The average molecular weight is 455 g/mol. The van der Waals surface area contributed by atoms with Gasteiger partial charge in [0.1, 0.15) is 22.6 Å². The number of halogens is 1. The van der Waals surface area contributed by atoms with Gasteiger partial charge in [0.15, 0.2) is 11.6 Å². The molecule has 1 saturated heterocycles. The van der Waals surface area contributed by atoms with E-state index in [9.17, 15) is 9.59 Å². The number of anilines is 1. The predicted molar refractivity (Wildman–Crippen MR) is 115 cm³/mol. The van der Waals surface area contributed by atoms with Crippen LogP contribution in [-0.2, 0) is 6.61 Å². The molecule has 10 heteroatoms. The van der Waals surface area contributed by atoms with Crippen LogP contribution in [0.15, 0.2) is 28.4 Å². The van der Waals surface area contributed by atoms with Crippen molar-refractivity contribution in [3.8, 4) is 11.5 Å². The van der Waals surface area contributed by atoms with E-state index in [1.54, 1.807) is 9.78 Å². The molecule has 7 rings (SSSR count). The van der Waals surface area contributed by atoms with Crippen molar-refractivity contribution in [2.24, 2.45) is 23.5 Å². The molecule has 1 aromatic carbocycles. The molecule has 4 unspecified atom stereocenters. The Labute approximate surface area is 184 Å². The van der Waals surface area contributed by atoms with E-state index in [0.717, 1.165) is 12.1 Å². The SMILES string of the molecule is NC12C=CC(C1)C1CN(c3c(F)cc4c(=O)c(OC(=O)O)c5scc6n5c4c3OC6)CC12. The van der Waals surface area contributed by atoms with Gasteiger partial charge in [-0.3, -0.25) is 9.20 Å². The molecule has 2 bridgehead atoms. The number of nitrogens with two attached hydrogens (primary N) is 1. The fourth-order valence-corrected chi connectivity index (χ4v) is 7.24. The first-order valence-corrected chi connectivity index (χ1v) is 11.3. The highest BCUT2D eigenvalue weighted by molar-refractivity contribution is 7.16. The Bertz CT molecular complexity index is 1460. The topological polar surface area (TPSA) is 106 Å². The number of carboxylic acid groups (broad SMARTS) is 1. The number of nitrogens with zero attached hydrogens (tertiary/aromatic N) is 2. The molecule has 0 spiro atoms. The third-order valence-electron chi connectivity index (χ3n) is 7.57. The first-order chi connectivity index (χ1) is 15.4. The minimum absolute atomic E-state index is 0.0331. The molecule has 2 aliphatic heterocycles. The van der Waals surface area contributed by atoms with E-state index in [2.05, 4.69) is 12.2 Å². The molecule has 4 heterocycles. The summed E-state index contributed by atoms with van der Waals surface area (Å²) < 4.78 is 28.1. The first-order valence-electron chi connectivity index (χ1n) is 10.4. The van der Waals surface area contributed by atoms with E-state index in [1.165, 1.54) is 17.4 Å². The van der Waals surface area contributed by atoms with Crippen LogP contribution in [0.2, 0.25) is 0 Å². The van der Waals surface area contributed by atoms with Gasteiger partial charge in [0.2, 0.25) is 11.2 Å². The van der Waals surface area contributed by atoms with Crippen LogP contribution in [0.3, 0.4) is 0 Å². The molecule has 2 fully saturated rings. The normalized spacial score (nSPS) is 29.3. The van der Waals surface area contributed by atoms with Gasteiger partial charge in [-0.2, -0.15) is 0 Å². The van der Waals surface area contributed by atoms with E-state index in [-0.39, 0.29) is 29.2 Å². The molecular weight excluding hydrogens is 437 g/mol. The van der Waals surface area contributed by atoms with Gasteiger partial charge in [0, 0.05) is 29.9 Å². The zero-order valence-corrected chi connectivity index (χ0v) is 17.5. The van der Waals surface area contributed by atoms with E-state index >= 15 is 4.39 Å². The summed E-state index contributed by atoms with van der Waals surface area (Å²) in [5, 5.41) is 10.9. The lowest BCUT2D eigenvalue weighted by molar-refractivity contribution is 0.144. The van der Waals surface area contributed by atoms with Crippen molar-refractivity contribution in [1.82, 2.24) is 4.40 Å². The molecule has 2 aliphatic carbocycles. The molecule has 4 aliphatic rings. The number of aromatic nitrogens is 1. The number of rotatable bonds is 2. The summed E-state index contributed by atoms with van der Waals surface area (Å²) in [7, 11) is 0. The average Bonchev–Trinajstić information content (AvgIpc) is 3.50. The van der Waals surface area contributed by atoms with Crippen LogP contribution < -0.4 is 25.5 Å². The minimum Gasteiger partial charge on any atom is -0.483 e. The summed E-state index contributed by atoms with van der Waals surface area (Å²) >= 11 is 1.20. The highest BCUT2D eigenvalue weighted by atomic mass is 32.1. The van der Waals surface area contributed by atoms with Gasteiger partial charge in [-0.05, 0) is 24.3 Å². The lowest BCUT2D eigenvalue weighted by Gasteiger charge is -2.29. The first kappa shape index (κ1) is 18.5. The zero-order chi connectivity index (χ0) is 21.9. The maximum atomic E-state index is 15.6. The summed E-state index contributed by atoms with van der Waals surface area (Å²) in [6.07, 6.45) is 3.64. The number of thiazole rings is 1. The summed E-state index contributed by atoms with van der Waals surface area (Å²) in [6, 6.07) is 1.17. The molecule has 0 radical (unpaired) electrons. The van der Waals surface area contributed by atoms with E-state index in [0.29, 0.717) is 46.7 Å². The predicted octanol–water partition coefficient (Wildman–Crippen LogP) is 2.94. The molecule has 32 heavy (non-hydrogen) atoms. The quantitative estimate of drug-likeness (QED) is 0.452. The Kier molecular flexibility index (Phi) is 3.35. The van der Waals surface area contributed by atoms with Gasteiger partial charge in [-0.25, -0.2) is 9.18 Å². The number of benzene rings is 1. The van der Waals surface area contributed by atoms with Crippen molar-refractivity contribution < 1.29 is 23.8 Å². The van der Waals surface area contributed by atoms with Crippen molar-refractivity contribution >= 4 is 38.9 Å². The number of allylic oxidation sites excluding steroid dienone is 1. The molecule has 1 saturated carbocycles. The second-order valence-corrected chi connectivity index (χ2v) is 9.99. The number of hydrogen-bond donors (Lipinski definition) is 2. The highest BCUT2D eigenvalue weighted by Gasteiger charge is 2.56. The van der Waals surface area contributed by atoms with E-state index < -0.39 is 17.4 Å². The Morgan fingerprint density at radius 3 is 3.03 bits per heavy atom. The number of hydrogen-bond acceptors (Lipinski definition) is 7. The van der Waals surface area contributed by atoms with Crippen LogP contribution in [0, 0.1) is 23.6 Å². The molecule has 4 atom stereocenters. The van der Waals surface area contributed by atoms with Crippen LogP contribution in [0.25, 0.3) is 15.7 Å². The number of pyridine rings is 1. The van der Waals surface area contributed by atoms with Crippen LogP contribution in [0.5, 0.6) is 11.5 Å². The lowest BCUT2D eigenvalue weighted by Crippen LogP contribution is -2.43. The third-order valence-corrected chi connectivity index (χ3v) is 8.55. The van der Waals surface area contributed by atoms with Crippen molar-refractivity contribution in [3.63, 3.8) is 0 Å². The molecule has 3 aromatic rings. The second-order valence-electron chi connectivity index (χ2n) is 9.13. The Morgan fingerprint density at radius 1 is 1.41 bits per heavy atom.